The molecular weight excluding hydrogens is 432 g/mol. The number of nitrogens with two attached hydrogens (primary N) is 1. The largest absolute Gasteiger partial charge is 0.451 e. The van der Waals surface area contributed by atoms with Crippen LogP contribution in [0.2, 0.25) is 5.02 Å². The molecule has 1 aliphatic rings. The van der Waals surface area contributed by atoms with Gasteiger partial charge in [-0.2, -0.15) is 0 Å². The number of hydrogen-bond donors (Lipinski definition) is 2. The number of amides is 2. The fraction of sp³-hybridized carbons (Fsp3) is 0.190. The standard InChI is InChI=1S/C16H12ClF2NO.C5H6N2O3/c17-13-8-9(4-6-15(13)19)20-16(21)12-5-7-14(18)11-3-1-2-10(11)12;6-5(8)10-2-4-1-9-3-7-4/h4-8H,1-3H2,(H,20,21);1,3H,2H2,(H2,6,8). The second-order valence-electron chi connectivity index (χ2n) is 6.58. The molecule has 4 rings (SSSR count). The van der Waals surface area contributed by atoms with Crippen molar-refractivity contribution in [1.29, 1.82) is 0 Å². The summed E-state index contributed by atoms with van der Waals surface area (Å²) in [5.74, 6) is -1.14. The number of benzene rings is 2. The average molecular weight is 450 g/mol. The van der Waals surface area contributed by atoms with Crippen molar-refractivity contribution in [2.75, 3.05) is 5.32 Å². The van der Waals surface area contributed by atoms with Crippen molar-refractivity contribution in [3.8, 4) is 0 Å². The summed E-state index contributed by atoms with van der Waals surface area (Å²) in [6, 6.07) is 6.77. The predicted octanol–water partition coefficient (Wildman–Crippen LogP) is 4.63. The van der Waals surface area contributed by atoms with E-state index in [1.54, 1.807) is 0 Å². The third kappa shape index (κ3) is 5.79. The van der Waals surface area contributed by atoms with Crippen LogP contribution in [0.25, 0.3) is 0 Å². The summed E-state index contributed by atoms with van der Waals surface area (Å²) in [5.41, 5.74) is 7.49. The van der Waals surface area contributed by atoms with E-state index in [4.69, 9.17) is 11.6 Å². The summed E-state index contributed by atoms with van der Waals surface area (Å²) in [4.78, 5) is 26.0. The highest BCUT2D eigenvalue weighted by Crippen LogP contribution is 2.28. The summed E-state index contributed by atoms with van der Waals surface area (Å²) in [6.07, 6.45) is 4.01. The first-order valence-electron chi connectivity index (χ1n) is 9.21. The Bertz CT molecular complexity index is 1090. The van der Waals surface area contributed by atoms with Crippen LogP contribution in [0.3, 0.4) is 0 Å². The molecule has 7 nitrogen and oxygen atoms in total. The average Bonchev–Trinajstić information content (AvgIpc) is 3.42. The van der Waals surface area contributed by atoms with Crippen LogP contribution in [0.1, 0.15) is 33.6 Å². The number of carbonyl (C=O) groups excluding carboxylic acids is 2. The number of anilines is 1. The molecule has 0 aliphatic heterocycles. The van der Waals surface area contributed by atoms with E-state index in [0.29, 0.717) is 35.3 Å². The van der Waals surface area contributed by atoms with Crippen LogP contribution >= 0.6 is 11.6 Å². The van der Waals surface area contributed by atoms with Gasteiger partial charge in [-0.15, -0.1) is 0 Å². The van der Waals surface area contributed by atoms with Gasteiger partial charge in [-0.1, -0.05) is 11.6 Å². The Morgan fingerprint density at radius 3 is 2.58 bits per heavy atom. The zero-order chi connectivity index (χ0) is 22.4. The molecule has 0 atom stereocenters. The number of nitrogens with one attached hydrogen (secondary N) is 1. The van der Waals surface area contributed by atoms with Gasteiger partial charge in [0.15, 0.2) is 6.39 Å². The van der Waals surface area contributed by atoms with Crippen LogP contribution in [0.4, 0.5) is 19.3 Å². The minimum atomic E-state index is -0.817. The number of aromatic nitrogens is 1. The lowest BCUT2D eigenvalue weighted by Crippen LogP contribution is -2.14. The van der Waals surface area contributed by atoms with Crippen molar-refractivity contribution in [2.45, 2.75) is 25.9 Å². The Morgan fingerprint density at radius 1 is 1.16 bits per heavy atom. The molecule has 0 fully saturated rings. The monoisotopic (exact) mass is 449 g/mol. The van der Waals surface area contributed by atoms with Crippen LogP contribution < -0.4 is 11.1 Å². The Labute approximate surface area is 181 Å². The molecule has 3 N–H and O–H groups in total. The molecule has 162 valence electrons. The van der Waals surface area contributed by atoms with E-state index in [0.717, 1.165) is 12.0 Å². The van der Waals surface area contributed by atoms with E-state index in [1.807, 2.05) is 0 Å². The van der Waals surface area contributed by atoms with Gasteiger partial charge in [-0.3, -0.25) is 4.79 Å². The molecule has 1 aromatic heterocycles. The molecule has 0 saturated heterocycles. The van der Waals surface area contributed by atoms with Crippen LogP contribution in [-0.2, 0) is 24.2 Å². The maximum Gasteiger partial charge on any atom is 0.404 e. The van der Waals surface area contributed by atoms with Gasteiger partial charge < -0.3 is 20.2 Å². The molecule has 10 heteroatoms. The first-order valence-corrected chi connectivity index (χ1v) is 9.59. The van der Waals surface area contributed by atoms with Crippen LogP contribution in [-0.4, -0.2) is 17.0 Å². The minimum absolute atomic E-state index is 0.0582. The van der Waals surface area contributed by atoms with Gasteiger partial charge in [0.2, 0.25) is 0 Å². The number of rotatable bonds is 4. The number of oxazole rings is 1. The summed E-state index contributed by atoms with van der Waals surface area (Å²) in [5, 5.41) is 2.60. The van der Waals surface area contributed by atoms with Crippen molar-refractivity contribution < 1.29 is 27.5 Å². The van der Waals surface area contributed by atoms with Crippen molar-refractivity contribution in [3.05, 3.63) is 82.0 Å². The van der Waals surface area contributed by atoms with Gasteiger partial charge in [0.1, 0.15) is 30.2 Å². The first kappa shape index (κ1) is 22.2. The predicted molar refractivity (Wildman–Crippen MR) is 109 cm³/mol. The SMILES string of the molecule is NC(=O)OCc1cocn1.O=C(Nc1ccc(F)c(Cl)c1)c1ccc(F)c2c1CCC2. The van der Waals surface area contributed by atoms with Gasteiger partial charge in [-0.05, 0) is 60.7 Å². The normalized spacial score (nSPS) is 11.8. The molecule has 0 unspecified atom stereocenters. The van der Waals surface area contributed by atoms with E-state index < -0.39 is 11.9 Å². The number of carbonyl (C=O) groups is 2. The molecule has 2 aromatic carbocycles. The molecule has 2 amide bonds. The van der Waals surface area contributed by atoms with E-state index in [-0.39, 0.29) is 23.4 Å². The van der Waals surface area contributed by atoms with Crippen molar-refractivity contribution >= 4 is 29.3 Å². The molecule has 0 radical (unpaired) electrons. The highest BCUT2D eigenvalue weighted by Gasteiger charge is 2.22. The van der Waals surface area contributed by atoms with Crippen molar-refractivity contribution in [3.63, 3.8) is 0 Å². The summed E-state index contributed by atoms with van der Waals surface area (Å²) in [7, 11) is 0. The smallest absolute Gasteiger partial charge is 0.404 e. The Kier molecular flexibility index (Phi) is 7.19. The van der Waals surface area contributed by atoms with Crippen molar-refractivity contribution in [1.82, 2.24) is 4.98 Å². The van der Waals surface area contributed by atoms with Gasteiger partial charge >= 0.3 is 6.09 Å². The fourth-order valence-electron chi connectivity index (χ4n) is 3.10. The van der Waals surface area contributed by atoms with Crippen LogP contribution in [0, 0.1) is 11.6 Å². The van der Waals surface area contributed by atoms with Crippen molar-refractivity contribution in [2.24, 2.45) is 5.73 Å². The van der Waals surface area contributed by atoms with E-state index >= 15 is 0 Å². The topological polar surface area (TPSA) is 107 Å². The fourth-order valence-corrected chi connectivity index (χ4v) is 3.28. The van der Waals surface area contributed by atoms with Gasteiger partial charge in [0.05, 0.1) is 5.02 Å². The molecular formula is C21H18ClF2N3O4. The number of hydrogen-bond acceptors (Lipinski definition) is 5. The third-order valence-corrected chi connectivity index (χ3v) is 4.79. The summed E-state index contributed by atoms with van der Waals surface area (Å²) in [6.45, 7) is 0.0613. The lowest BCUT2D eigenvalue weighted by Gasteiger charge is -2.10. The first-order chi connectivity index (χ1) is 14.8. The Hall–Kier alpha value is -3.46. The number of ether oxygens (including phenoxy) is 1. The molecule has 0 bridgehead atoms. The molecule has 1 aliphatic carbocycles. The van der Waals surface area contributed by atoms with Gasteiger partial charge in [-0.25, -0.2) is 18.6 Å². The quantitative estimate of drug-likeness (QED) is 0.603. The van der Waals surface area contributed by atoms with E-state index in [1.165, 1.54) is 43.0 Å². The van der Waals surface area contributed by atoms with E-state index in [9.17, 15) is 18.4 Å². The summed E-state index contributed by atoms with van der Waals surface area (Å²) < 4.78 is 35.8. The summed E-state index contributed by atoms with van der Waals surface area (Å²) >= 11 is 5.68. The second kappa shape index (κ2) is 10.0. The second-order valence-corrected chi connectivity index (χ2v) is 6.98. The minimum Gasteiger partial charge on any atom is -0.451 e. The van der Waals surface area contributed by atoms with Crippen LogP contribution in [0.15, 0.2) is 47.4 Å². The molecule has 31 heavy (non-hydrogen) atoms. The van der Waals surface area contributed by atoms with Gasteiger partial charge in [0, 0.05) is 11.3 Å². The van der Waals surface area contributed by atoms with Gasteiger partial charge in [0.25, 0.3) is 5.91 Å². The molecule has 0 saturated carbocycles. The van der Waals surface area contributed by atoms with Crippen LogP contribution in [0.5, 0.6) is 0 Å². The lowest BCUT2D eigenvalue weighted by atomic mass is 10.0. The zero-order valence-electron chi connectivity index (χ0n) is 16.2. The maximum absolute atomic E-state index is 13.7. The highest BCUT2D eigenvalue weighted by molar-refractivity contribution is 6.31. The molecule has 3 aromatic rings. The Balaban J connectivity index is 0.000000229. The molecule has 0 spiro atoms. The highest BCUT2D eigenvalue weighted by atomic mass is 35.5. The van der Waals surface area contributed by atoms with E-state index in [2.05, 4.69) is 25.2 Å². The third-order valence-electron chi connectivity index (χ3n) is 4.50. The Morgan fingerprint density at radius 2 is 1.90 bits per heavy atom. The molecule has 1 heterocycles. The number of halogens is 3. The number of nitrogens with zero attached hydrogens (tertiary/aromatic N) is 1. The number of primary amides is 1. The zero-order valence-corrected chi connectivity index (χ0v) is 16.9. The maximum atomic E-state index is 13.7. The number of fused-ring (bicyclic) bond motifs is 1. The lowest BCUT2D eigenvalue weighted by molar-refractivity contribution is 0.102.